The average molecular weight is 487 g/mol. The maximum absolute atomic E-state index is 13.4. The van der Waals surface area contributed by atoms with Gasteiger partial charge in [0.15, 0.2) is 0 Å². The van der Waals surface area contributed by atoms with Crippen LogP contribution in [-0.4, -0.2) is 50.3 Å². The zero-order valence-electron chi connectivity index (χ0n) is 19.1. The Morgan fingerprint density at radius 2 is 2.09 bits per heavy atom. The van der Waals surface area contributed by atoms with Crippen LogP contribution >= 0.6 is 24.0 Å². The molecular formula is C24H30N4O3S2. The third-order valence-corrected chi connectivity index (χ3v) is 7.42. The van der Waals surface area contributed by atoms with E-state index in [1.807, 2.05) is 26.0 Å². The van der Waals surface area contributed by atoms with Crippen LogP contribution in [-0.2, 0) is 9.53 Å². The SMILES string of the molecule is CCOCCCNc1nc2c(C)cccn2c(=O)c1/C=C1/SC(=S)N(C2CCCCC2)C1=O. The topological polar surface area (TPSA) is 75.9 Å². The number of anilines is 1. The summed E-state index contributed by atoms with van der Waals surface area (Å²) in [7, 11) is 0. The fourth-order valence-corrected chi connectivity index (χ4v) is 5.75. The number of thioether (sulfide) groups is 1. The maximum Gasteiger partial charge on any atom is 0.267 e. The van der Waals surface area contributed by atoms with E-state index in [9.17, 15) is 9.59 Å². The molecular weight excluding hydrogens is 456 g/mol. The molecule has 1 aliphatic heterocycles. The number of pyridine rings is 1. The quantitative estimate of drug-likeness (QED) is 0.337. The third-order valence-electron chi connectivity index (χ3n) is 6.09. The minimum absolute atomic E-state index is 0.104. The first-order chi connectivity index (χ1) is 16.0. The van der Waals surface area contributed by atoms with Crippen LogP contribution in [0.2, 0.25) is 0 Å². The lowest BCUT2D eigenvalue weighted by molar-refractivity contribution is -0.124. The lowest BCUT2D eigenvalue weighted by atomic mass is 9.94. The molecule has 0 atom stereocenters. The van der Waals surface area contributed by atoms with Gasteiger partial charge < -0.3 is 10.1 Å². The Bertz CT molecular complexity index is 1140. The van der Waals surface area contributed by atoms with Crippen LogP contribution < -0.4 is 10.9 Å². The monoisotopic (exact) mass is 486 g/mol. The molecule has 1 aliphatic carbocycles. The highest BCUT2D eigenvalue weighted by atomic mass is 32.2. The Balaban J connectivity index is 1.69. The standard InChI is InChI=1S/C24H30N4O3S2/c1-3-31-14-8-12-25-20-18(22(29)27-13-7-9-16(2)21(27)26-20)15-19-23(30)28(24(32)33-19)17-10-5-4-6-11-17/h7,9,13,15,17,25H,3-6,8,10-12,14H2,1-2H3/b19-15+. The highest BCUT2D eigenvalue weighted by molar-refractivity contribution is 8.26. The Hall–Kier alpha value is -2.23. The van der Waals surface area contributed by atoms with Crippen molar-refractivity contribution in [1.29, 1.82) is 0 Å². The predicted molar refractivity (Wildman–Crippen MR) is 138 cm³/mol. The van der Waals surface area contributed by atoms with Gasteiger partial charge in [-0.2, -0.15) is 0 Å². The van der Waals surface area contributed by atoms with Crippen LogP contribution in [0.1, 0.15) is 56.6 Å². The van der Waals surface area contributed by atoms with E-state index in [1.165, 1.54) is 22.6 Å². The number of hydrogen-bond acceptors (Lipinski definition) is 7. The van der Waals surface area contributed by atoms with Crippen molar-refractivity contribution < 1.29 is 9.53 Å². The molecule has 0 radical (unpaired) electrons. The van der Waals surface area contributed by atoms with Crippen molar-refractivity contribution in [3.63, 3.8) is 0 Å². The highest BCUT2D eigenvalue weighted by Crippen LogP contribution is 2.37. The van der Waals surface area contributed by atoms with Gasteiger partial charge in [0.1, 0.15) is 15.8 Å². The second-order valence-electron chi connectivity index (χ2n) is 8.38. The number of fused-ring (bicyclic) bond motifs is 1. The fourth-order valence-electron chi connectivity index (χ4n) is 4.37. The van der Waals surface area contributed by atoms with Gasteiger partial charge in [-0.25, -0.2) is 4.98 Å². The first kappa shape index (κ1) is 23.9. The number of carbonyl (C=O) groups is 1. The van der Waals surface area contributed by atoms with Crippen molar-refractivity contribution in [2.45, 2.75) is 58.4 Å². The van der Waals surface area contributed by atoms with E-state index < -0.39 is 0 Å². The first-order valence-electron chi connectivity index (χ1n) is 11.6. The number of amides is 1. The lowest BCUT2D eigenvalue weighted by Gasteiger charge is -2.29. The number of ether oxygens (including phenoxy) is 1. The van der Waals surface area contributed by atoms with Gasteiger partial charge in [-0.05, 0) is 50.8 Å². The third kappa shape index (κ3) is 5.15. The maximum atomic E-state index is 13.4. The normalized spacial score (nSPS) is 18.6. The minimum atomic E-state index is -0.209. The predicted octanol–water partition coefficient (Wildman–Crippen LogP) is 4.38. The summed E-state index contributed by atoms with van der Waals surface area (Å²) in [5.41, 5.74) is 1.67. The average Bonchev–Trinajstić information content (AvgIpc) is 3.10. The van der Waals surface area contributed by atoms with Crippen LogP contribution in [0.15, 0.2) is 28.0 Å². The molecule has 3 heterocycles. The van der Waals surface area contributed by atoms with E-state index in [2.05, 4.69) is 5.32 Å². The number of aromatic nitrogens is 2. The Kier molecular flexibility index (Phi) is 7.82. The Morgan fingerprint density at radius 1 is 1.30 bits per heavy atom. The molecule has 0 aromatic carbocycles. The molecule has 2 aliphatic rings. The molecule has 2 fully saturated rings. The van der Waals surface area contributed by atoms with Crippen LogP contribution in [0.4, 0.5) is 5.82 Å². The number of nitrogens with zero attached hydrogens (tertiary/aromatic N) is 3. The first-order valence-corrected chi connectivity index (χ1v) is 12.8. The molecule has 7 nitrogen and oxygen atoms in total. The number of carbonyl (C=O) groups excluding carboxylic acids is 1. The van der Waals surface area contributed by atoms with Crippen LogP contribution in [0.25, 0.3) is 11.7 Å². The summed E-state index contributed by atoms with van der Waals surface area (Å²) in [5.74, 6) is 0.377. The largest absolute Gasteiger partial charge is 0.382 e. The molecule has 1 N–H and O–H groups in total. The van der Waals surface area contributed by atoms with E-state index in [0.29, 0.717) is 46.0 Å². The van der Waals surface area contributed by atoms with Gasteiger partial charge in [0.25, 0.3) is 11.5 Å². The summed E-state index contributed by atoms with van der Waals surface area (Å²) >= 11 is 6.84. The van der Waals surface area contributed by atoms with E-state index in [-0.39, 0.29) is 17.5 Å². The molecule has 9 heteroatoms. The molecule has 0 spiro atoms. The number of thiocarbonyl (C=S) groups is 1. The number of aryl methyl sites for hydroxylation is 1. The van der Waals surface area contributed by atoms with Gasteiger partial charge in [-0.15, -0.1) is 0 Å². The Labute approximate surface area is 203 Å². The van der Waals surface area contributed by atoms with Crippen LogP contribution in [0, 0.1) is 6.92 Å². The van der Waals surface area contributed by atoms with Crippen LogP contribution in [0.5, 0.6) is 0 Å². The van der Waals surface area contributed by atoms with E-state index in [0.717, 1.165) is 37.7 Å². The summed E-state index contributed by atoms with van der Waals surface area (Å²) < 4.78 is 7.53. The lowest BCUT2D eigenvalue weighted by Crippen LogP contribution is -2.39. The van der Waals surface area contributed by atoms with Gasteiger partial charge in [0.2, 0.25) is 0 Å². The Morgan fingerprint density at radius 3 is 2.85 bits per heavy atom. The van der Waals surface area contributed by atoms with Crippen molar-refractivity contribution in [3.8, 4) is 0 Å². The number of hydrogen-bond donors (Lipinski definition) is 1. The van der Waals surface area contributed by atoms with E-state index in [4.69, 9.17) is 21.9 Å². The van der Waals surface area contributed by atoms with Gasteiger partial charge in [-0.3, -0.25) is 18.9 Å². The molecule has 0 unspecified atom stereocenters. The summed E-state index contributed by atoms with van der Waals surface area (Å²) in [5, 5.41) is 3.29. The van der Waals surface area contributed by atoms with Crippen molar-refractivity contribution in [1.82, 2.24) is 14.3 Å². The number of rotatable bonds is 8. The summed E-state index contributed by atoms with van der Waals surface area (Å²) in [6.45, 7) is 5.80. The van der Waals surface area contributed by atoms with Gasteiger partial charge in [0.05, 0.1) is 10.5 Å². The van der Waals surface area contributed by atoms with Gasteiger partial charge >= 0.3 is 0 Å². The molecule has 2 aromatic heterocycles. The second kappa shape index (κ2) is 10.8. The van der Waals surface area contributed by atoms with E-state index in [1.54, 1.807) is 17.2 Å². The number of nitrogens with one attached hydrogen (secondary N) is 1. The van der Waals surface area contributed by atoms with Crippen LogP contribution in [0.3, 0.4) is 0 Å². The smallest absolute Gasteiger partial charge is 0.267 e. The highest BCUT2D eigenvalue weighted by Gasteiger charge is 2.37. The van der Waals surface area contributed by atoms with Gasteiger partial charge in [0, 0.05) is 32.0 Å². The second-order valence-corrected chi connectivity index (χ2v) is 10.1. The zero-order valence-corrected chi connectivity index (χ0v) is 20.8. The molecule has 0 bridgehead atoms. The summed E-state index contributed by atoms with van der Waals surface area (Å²) in [6.07, 6.45) is 9.55. The van der Waals surface area contributed by atoms with Crippen molar-refractivity contribution in [3.05, 3.63) is 44.7 Å². The molecule has 1 saturated carbocycles. The van der Waals surface area contributed by atoms with Crippen molar-refractivity contribution in [2.75, 3.05) is 25.1 Å². The summed E-state index contributed by atoms with van der Waals surface area (Å²) in [4.78, 5) is 33.7. The summed E-state index contributed by atoms with van der Waals surface area (Å²) in [6, 6.07) is 3.91. The molecule has 1 amide bonds. The minimum Gasteiger partial charge on any atom is -0.382 e. The molecule has 1 saturated heterocycles. The molecule has 2 aromatic rings. The molecule has 33 heavy (non-hydrogen) atoms. The van der Waals surface area contributed by atoms with E-state index >= 15 is 0 Å². The van der Waals surface area contributed by atoms with Crippen molar-refractivity contribution in [2.24, 2.45) is 0 Å². The molecule has 4 rings (SSSR count). The molecule has 176 valence electrons. The fraction of sp³-hybridized carbons (Fsp3) is 0.500. The van der Waals surface area contributed by atoms with Crippen molar-refractivity contribution >= 4 is 51.7 Å². The van der Waals surface area contributed by atoms with Gasteiger partial charge in [-0.1, -0.05) is 49.3 Å². The zero-order chi connectivity index (χ0) is 23.4.